The molecular formula is C8H13N3OS. The highest BCUT2D eigenvalue weighted by Gasteiger charge is 2.00. The summed E-state index contributed by atoms with van der Waals surface area (Å²) in [6.07, 6.45) is 0. The second-order valence-electron chi connectivity index (χ2n) is 2.65. The van der Waals surface area contributed by atoms with Gasteiger partial charge in [0.05, 0.1) is 12.2 Å². The zero-order chi connectivity index (χ0) is 9.68. The summed E-state index contributed by atoms with van der Waals surface area (Å²) in [5.74, 6) is 0.790. The zero-order valence-electron chi connectivity index (χ0n) is 7.76. The Bertz CT molecular complexity index is 285. The Labute approximate surface area is 82.7 Å². The lowest BCUT2D eigenvalue weighted by Crippen LogP contribution is -2.34. The SMILES string of the molecule is CCNC(=S)NCc1cc(C)no1. The molecule has 0 spiro atoms. The van der Waals surface area contributed by atoms with Crippen LogP contribution in [0.5, 0.6) is 0 Å². The third-order valence-electron chi connectivity index (χ3n) is 1.44. The van der Waals surface area contributed by atoms with E-state index < -0.39 is 0 Å². The number of thiocarbonyl (C=S) groups is 1. The summed E-state index contributed by atoms with van der Waals surface area (Å²) in [5.41, 5.74) is 0.881. The summed E-state index contributed by atoms with van der Waals surface area (Å²) >= 11 is 4.97. The maximum Gasteiger partial charge on any atom is 0.166 e. The molecule has 2 N–H and O–H groups in total. The van der Waals surface area contributed by atoms with Crippen LogP contribution in [0.3, 0.4) is 0 Å². The molecule has 0 saturated heterocycles. The number of nitrogens with one attached hydrogen (secondary N) is 2. The van der Waals surface area contributed by atoms with E-state index in [1.54, 1.807) is 0 Å². The van der Waals surface area contributed by atoms with Gasteiger partial charge in [-0.1, -0.05) is 5.16 Å². The van der Waals surface area contributed by atoms with Gasteiger partial charge in [-0.05, 0) is 26.1 Å². The van der Waals surface area contributed by atoms with Crippen LogP contribution in [-0.4, -0.2) is 16.8 Å². The molecule has 4 nitrogen and oxygen atoms in total. The van der Waals surface area contributed by atoms with Crippen LogP contribution >= 0.6 is 12.2 Å². The molecule has 0 fully saturated rings. The van der Waals surface area contributed by atoms with E-state index in [1.165, 1.54) is 0 Å². The molecule has 13 heavy (non-hydrogen) atoms. The van der Waals surface area contributed by atoms with Crippen LogP contribution in [0.1, 0.15) is 18.4 Å². The Kier molecular flexibility index (Phi) is 3.70. The van der Waals surface area contributed by atoms with Gasteiger partial charge in [-0.25, -0.2) is 0 Å². The fraction of sp³-hybridized carbons (Fsp3) is 0.500. The first-order valence-corrected chi connectivity index (χ1v) is 4.57. The maximum absolute atomic E-state index is 4.99. The Hall–Kier alpha value is -1.10. The van der Waals surface area contributed by atoms with Crippen molar-refractivity contribution in [3.8, 4) is 0 Å². The summed E-state index contributed by atoms with van der Waals surface area (Å²) in [6.45, 7) is 5.27. The molecule has 1 aromatic heterocycles. The van der Waals surface area contributed by atoms with Crippen molar-refractivity contribution in [2.75, 3.05) is 6.54 Å². The molecule has 5 heteroatoms. The molecule has 0 aliphatic carbocycles. The van der Waals surface area contributed by atoms with E-state index >= 15 is 0 Å². The summed E-state index contributed by atoms with van der Waals surface area (Å²) in [6, 6.07) is 1.88. The predicted molar refractivity (Wildman–Crippen MR) is 54.4 cm³/mol. The van der Waals surface area contributed by atoms with Crippen LogP contribution < -0.4 is 10.6 Å². The molecule has 0 aliphatic heterocycles. The highest BCUT2D eigenvalue weighted by molar-refractivity contribution is 7.80. The van der Waals surface area contributed by atoms with E-state index in [4.69, 9.17) is 16.7 Å². The quantitative estimate of drug-likeness (QED) is 0.710. The topological polar surface area (TPSA) is 50.1 Å². The second kappa shape index (κ2) is 4.81. The third kappa shape index (κ3) is 3.42. The number of hydrogen-bond acceptors (Lipinski definition) is 3. The molecule has 1 aromatic rings. The van der Waals surface area contributed by atoms with Gasteiger partial charge in [0.1, 0.15) is 0 Å². The molecule has 0 radical (unpaired) electrons. The Morgan fingerprint density at radius 2 is 2.38 bits per heavy atom. The zero-order valence-corrected chi connectivity index (χ0v) is 8.57. The third-order valence-corrected chi connectivity index (χ3v) is 1.73. The van der Waals surface area contributed by atoms with Gasteiger partial charge in [-0.3, -0.25) is 0 Å². The first-order valence-electron chi connectivity index (χ1n) is 4.16. The second-order valence-corrected chi connectivity index (χ2v) is 3.06. The maximum atomic E-state index is 4.99. The van der Waals surface area contributed by atoms with Crippen LogP contribution in [0.4, 0.5) is 0 Å². The van der Waals surface area contributed by atoms with Crippen molar-refractivity contribution >= 4 is 17.3 Å². The van der Waals surface area contributed by atoms with Crippen LogP contribution in [0, 0.1) is 6.92 Å². The molecule has 72 valence electrons. The van der Waals surface area contributed by atoms with Crippen molar-refractivity contribution in [1.29, 1.82) is 0 Å². The Morgan fingerprint density at radius 3 is 2.92 bits per heavy atom. The molecule has 0 unspecified atom stereocenters. The summed E-state index contributed by atoms with van der Waals surface area (Å²) < 4.78 is 4.99. The average Bonchev–Trinajstić information content (AvgIpc) is 2.49. The minimum atomic E-state index is 0.576. The van der Waals surface area contributed by atoms with Gasteiger partial charge in [0.2, 0.25) is 0 Å². The normalized spacial score (nSPS) is 9.69. The molecule has 0 atom stereocenters. The molecule has 1 rings (SSSR count). The van der Waals surface area contributed by atoms with E-state index in [-0.39, 0.29) is 0 Å². The standard InChI is InChI=1S/C8H13N3OS/c1-3-9-8(13)10-5-7-4-6(2)11-12-7/h4H,3,5H2,1-2H3,(H2,9,10,13). The van der Waals surface area contributed by atoms with Crippen molar-refractivity contribution in [3.63, 3.8) is 0 Å². The molecule has 0 amide bonds. The van der Waals surface area contributed by atoms with Crippen molar-refractivity contribution in [2.45, 2.75) is 20.4 Å². The number of aromatic nitrogens is 1. The van der Waals surface area contributed by atoms with E-state index in [9.17, 15) is 0 Å². The highest BCUT2D eigenvalue weighted by Crippen LogP contribution is 2.00. The van der Waals surface area contributed by atoms with Crippen LogP contribution in [0.2, 0.25) is 0 Å². The van der Waals surface area contributed by atoms with Gasteiger partial charge in [-0.15, -0.1) is 0 Å². The van der Waals surface area contributed by atoms with E-state index in [1.807, 2.05) is 19.9 Å². The summed E-state index contributed by atoms with van der Waals surface area (Å²) in [5, 5.41) is 10.4. The lowest BCUT2D eigenvalue weighted by Gasteiger charge is -2.05. The molecule has 0 aliphatic rings. The Balaban J connectivity index is 2.30. The fourth-order valence-electron chi connectivity index (χ4n) is 0.890. The molecule has 1 heterocycles. The minimum Gasteiger partial charge on any atom is -0.363 e. The average molecular weight is 199 g/mol. The van der Waals surface area contributed by atoms with Crippen molar-refractivity contribution in [2.24, 2.45) is 0 Å². The van der Waals surface area contributed by atoms with Gasteiger partial charge in [0, 0.05) is 12.6 Å². The largest absolute Gasteiger partial charge is 0.363 e. The summed E-state index contributed by atoms with van der Waals surface area (Å²) in [4.78, 5) is 0. The number of rotatable bonds is 3. The molecule has 0 aromatic carbocycles. The number of hydrogen-bond donors (Lipinski definition) is 2. The van der Waals surface area contributed by atoms with E-state index in [2.05, 4.69) is 15.8 Å². The lowest BCUT2D eigenvalue weighted by atomic mass is 10.4. The first-order chi connectivity index (χ1) is 6.22. The highest BCUT2D eigenvalue weighted by atomic mass is 32.1. The fourth-order valence-corrected chi connectivity index (χ4v) is 1.11. The lowest BCUT2D eigenvalue weighted by molar-refractivity contribution is 0.376. The Morgan fingerprint density at radius 1 is 1.62 bits per heavy atom. The van der Waals surface area contributed by atoms with Gasteiger partial charge in [0.15, 0.2) is 10.9 Å². The van der Waals surface area contributed by atoms with Crippen LogP contribution in [0.25, 0.3) is 0 Å². The predicted octanol–water partition coefficient (Wildman–Crippen LogP) is 0.967. The van der Waals surface area contributed by atoms with E-state index in [0.717, 1.165) is 18.0 Å². The summed E-state index contributed by atoms with van der Waals surface area (Å²) in [7, 11) is 0. The van der Waals surface area contributed by atoms with E-state index in [0.29, 0.717) is 11.7 Å². The van der Waals surface area contributed by atoms with Crippen molar-refractivity contribution in [1.82, 2.24) is 15.8 Å². The van der Waals surface area contributed by atoms with Gasteiger partial charge in [-0.2, -0.15) is 0 Å². The van der Waals surface area contributed by atoms with Gasteiger partial charge in [0.25, 0.3) is 0 Å². The van der Waals surface area contributed by atoms with Crippen LogP contribution in [-0.2, 0) is 6.54 Å². The first kappa shape index (κ1) is 9.98. The molecular weight excluding hydrogens is 186 g/mol. The minimum absolute atomic E-state index is 0.576. The number of nitrogens with zero attached hydrogens (tertiary/aromatic N) is 1. The van der Waals surface area contributed by atoms with Gasteiger partial charge >= 0.3 is 0 Å². The smallest absolute Gasteiger partial charge is 0.166 e. The van der Waals surface area contributed by atoms with Crippen LogP contribution in [0.15, 0.2) is 10.6 Å². The van der Waals surface area contributed by atoms with Crippen molar-refractivity contribution < 1.29 is 4.52 Å². The van der Waals surface area contributed by atoms with Gasteiger partial charge < -0.3 is 15.2 Å². The van der Waals surface area contributed by atoms with Crippen molar-refractivity contribution in [3.05, 3.63) is 17.5 Å². The molecule has 0 saturated carbocycles. The number of aryl methyl sites for hydroxylation is 1. The molecule has 0 bridgehead atoms. The monoisotopic (exact) mass is 199 g/mol.